The normalized spacial score (nSPS) is 9.76. The van der Waals surface area contributed by atoms with E-state index in [0.29, 0.717) is 10.0 Å². The number of hydrogen-bond donors (Lipinski definition) is 5. The highest BCUT2D eigenvalue weighted by Gasteiger charge is 2.16. The first-order chi connectivity index (χ1) is 7.82. The molecule has 0 aliphatic rings. The molecule has 92 valence electrons. The molecule has 0 saturated carbocycles. The topological polar surface area (TPSA) is 191 Å². The SMILES string of the molecule is NC(=O)N(N)c1cc(N(N)C(N)=O)nc(O)n1. The van der Waals surface area contributed by atoms with Crippen molar-refractivity contribution >= 4 is 23.7 Å². The van der Waals surface area contributed by atoms with Crippen LogP contribution in [0, 0.1) is 0 Å². The Morgan fingerprint density at radius 2 is 1.41 bits per heavy atom. The number of nitrogens with zero attached hydrogens (tertiary/aromatic N) is 4. The van der Waals surface area contributed by atoms with Gasteiger partial charge in [-0.1, -0.05) is 0 Å². The molecule has 11 nitrogen and oxygen atoms in total. The lowest BCUT2D eigenvalue weighted by Crippen LogP contribution is -2.44. The van der Waals surface area contributed by atoms with Gasteiger partial charge in [-0.25, -0.2) is 31.3 Å². The lowest BCUT2D eigenvalue weighted by atomic mass is 10.5. The summed E-state index contributed by atoms with van der Waals surface area (Å²) in [5, 5.41) is 10.0. The zero-order chi connectivity index (χ0) is 13.2. The van der Waals surface area contributed by atoms with Crippen molar-refractivity contribution in [3.05, 3.63) is 6.07 Å². The molecule has 0 unspecified atom stereocenters. The van der Waals surface area contributed by atoms with Gasteiger partial charge in [-0.3, -0.25) is 0 Å². The van der Waals surface area contributed by atoms with Gasteiger partial charge in [0.05, 0.1) is 0 Å². The summed E-state index contributed by atoms with van der Waals surface area (Å²) in [5.74, 6) is 9.96. The van der Waals surface area contributed by atoms with E-state index in [-0.39, 0.29) is 11.6 Å². The predicted octanol–water partition coefficient (Wildman–Crippen LogP) is -2.30. The van der Waals surface area contributed by atoms with Crippen molar-refractivity contribution in [1.29, 1.82) is 0 Å². The third-order valence-corrected chi connectivity index (χ3v) is 1.66. The molecule has 0 atom stereocenters. The lowest BCUT2D eigenvalue weighted by Gasteiger charge is -2.16. The molecule has 1 heterocycles. The molecule has 1 aromatic heterocycles. The third-order valence-electron chi connectivity index (χ3n) is 1.66. The van der Waals surface area contributed by atoms with Gasteiger partial charge in [0.15, 0.2) is 11.6 Å². The quantitative estimate of drug-likeness (QED) is 0.218. The Labute approximate surface area is 94.5 Å². The van der Waals surface area contributed by atoms with Gasteiger partial charge in [0.2, 0.25) is 0 Å². The summed E-state index contributed by atoms with van der Waals surface area (Å²) in [4.78, 5) is 28.4. The van der Waals surface area contributed by atoms with Crippen LogP contribution in [0.1, 0.15) is 0 Å². The highest BCUT2D eigenvalue weighted by atomic mass is 16.3. The molecule has 0 saturated heterocycles. The standard InChI is InChI=1S/C6H10N8O3/c7-4(15)13(9)2-1-3(12-6(17)11-2)14(10)5(8)16/h1H,9-10H2,(H2,7,15)(H2,8,16)(H,11,12,17). The maximum Gasteiger partial charge on any atom is 0.335 e. The van der Waals surface area contributed by atoms with Crippen LogP contribution in [0.3, 0.4) is 0 Å². The molecule has 0 spiro atoms. The summed E-state index contributed by atoms with van der Waals surface area (Å²) in [7, 11) is 0. The number of anilines is 2. The molecule has 17 heavy (non-hydrogen) atoms. The van der Waals surface area contributed by atoms with E-state index in [1.165, 1.54) is 0 Å². The minimum atomic E-state index is -1.03. The number of rotatable bonds is 2. The minimum absolute atomic E-state index is 0.253. The largest absolute Gasteiger partial charge is 0.479 e. The summed E-state index contributed by atoms with van der Waals surface area (Å²) in [6.07, 6.45) is 0. The van der Waals surface area contributed by atoms with E-state index in [1.54, 1.807) is 0 Å². The number of hydrazine groups is 2. The van der Waals surface area contributed by atoms with Crippen LogP contribution in [0.15, 0.2) is 6.07 Å². The monoisotopic (exact) mass is 242 g/mol. The Morgan fingerprint density at radius 3 is 1.71 bits per heavy atom. The molecule has 1 aromatic rings. The van der Waals surface area contributed by atoms with Gasteiger partial charge in [0, 0.05) is 6.07 Å². The minimum Gasteiger partial charge on any atom is -0.479 e. The molecule has 0 radical (unpaired) electrons. The highest BCUT2D eigenvalue weighted by molar-refractivity contribution is 5.91. The van der Waals surface area contributed by atoms with E-state index in [9.17, 15) is 9.59 Å². The van der Waals surface area contributed by atoms with Gasteiger partial charge in [-0.2, -0.15) is 9.97 Å². The second-order valence-electron chi connectivity index (χ2n) is 2.80. The molecule has 0 aromatic carbocycles. The number of aromatic hydroxyl groups is 1. The van der Waals surface area contributed by atoms with Crippen molar-refractivity contribution in [2.24, 2.45) is 23.2 Å². The van der Waals surface area contributed by atoms with Gasteiger partial charge in [0.25, 0.3) is 0 Å². The highest BCUT2D eigenvalue weighted by Crippen LogP contribution is 2.18. The fourth-order valence-corrected chi connectivity index (χ4v) is 0.883. The predicted molar refractivity (Wildman–Crippen MR) is 56.2 cm³/mol. The molecular formula is C6H10N8O3. The first kappa shape index (κ1) is 12.4. The van der Waals surface area contributed by atoms with Crippen LogP contribution in [0.2, 0.25) is 0 Å². The maximum atomic E-state index is 10.8. The van der Waals surface area contributed by atoms with Gasteiger partial charge < -0.3 is 16.6 Å². The fourth-order valence-electron chi connectivity index (χ4n) is 0.883. The van der Waals surface area contributed by atoms with E-state index < -0.39 is 18.1 Å². The molecule has 4 amide bonds. The molecule has 0 aliphatic heterocycles. The zero-order valence-corrected chi connectivity index (χ0v) is 8.44. The summed E-state index contributed by atoms with van der Waals surface area (Å²) in [6, 6.07) is -1.78. The summed E-state index contributed by atoms with van der Waals surface area (Å²) >= 11 is 0. The Morgan fingerprint density at radius 1 is 1.06 bits per heavy atom. The summed E-state index contributed by atoms with van der Waals surface area (Å²) in [5.41, 5.74) is 9.78. The summed E-state index contributed by atoms with van der Waals surface area (Å²) < 4.78 is 0. The molecule has 9 N–H and O–H groups in total. The number of carbonyl (C=O) groups excluding carboxylic acids is 2. The van der Waals surface area contributed by atoms with Crippen LogP contribution in [-0.4, -0.2) is 27.1 Å². The zero-order valence-electron chi connectivity index (χ0n) is 8.44. The smallest absolute Gasteiger partial charge is 0.335 e. The van der Waals surface area contributed by atoms with Crippen LogP contribution in [-0.2, 0) is 0 Å². The molecule has 0 fully saturated rings. The number of nitrogens with two attached hydrogens (primary N) is 4. The van der Waals surface area contributed by atoms with E-state index in [4.69, 9.17) is 28.3 Å². The molecule has 0 bridgehead atoms. The van der Waals surface area contributed by atoms with E-state index in [2.05, 4.69) is 9.97 Å². The summed E-state index contributed by atoms with van der Waals surface area (Å²) in [6.45, 7) is 0. The Balaban J connectivity index is 3.19. The number of amides is 4. The Kier molecular flexibility index (Phi) is 3.26. The van der Waals surface area contributed by atoms with Crippen molar-refractivity contribution in [3.8, 4) is 6.01 Å². The van der Waals surface area contributed by atoms with Crippen LogP contribution >= 0.6 is 0 Å². The number of urea groups is 2. The van der Waals surface area contributed by atoms with Crippen molar-refractivity contribution in [2.45, 2.75) is 0 Å². The molecule has 1 rings (SSSR count). The lowest BCUT2D eigenvalue weighted by molar-refractivity contribution is 0.253. The van der Waals surface area contributed by atoms with Crippen LogP contribution in [0.4, 0.5) is 21.2 Å². The van der Waals surface area contributed by atoms with Crippen LogP contribution < -0.4 is 33.2 Å². The van der Waals surface area contributed by atoms with E-state index in [0.717, 1.165) is 6.07 Å². The van der Waals surface area contributed by atoms with Gasteiger partial charge in [-0.15, -0.1) is 0 Å². The average molecular weight is 242 g/mol. The Hall–Kier alpha value is -2.66. The molecule has 11 heteroatoms. The molecule has 0 aliphatic carbocycles. The number of aromatic nitrogens is 2. The third kappa shape index (κ3) is 2.67. The van der Waals surface area contributed by atoms with Gasteiger partial charge >= 0.3 is 18.1 Å². The van der Waals surface area contributed by atoms with Crippen molar-refractivity contribution < 1.29 is 14.7 Å². The second kappa shape index (κ2) is 4.46. The van der Waals surface area contributed by atoms with Crippen LogP contribution in [0.5, 0.6) is 6.01 Å². The number of carbonyl (C=O) groups is 2. The van der Waals surface area contributed by atoms with E-state index >= 15 is 0 Å². The van der Waals surface area contributed by atoms with Crippen LogP contribution in [0.25, 0.3) is 0 Å². The second-order valence-corrected chi connectivity index (χ2v) is 2.80. The van der Waals surface area contributed by atoms with E-state index in [1.807, 2.05) is 0 Å². The number of hydrogen-bond acceptors (Lipinski definition) is 7. The maximum absolute atomic E-state index is 10.8. The van der Waals surface area contributed by atoms with Gasteiger partial charge in [-0.05, 0) is 0 Å². The Bertz CT molecular complexity index is 424. The molecular weight excluding hydrogens is 232 g/mol. The number of primary amides is 2. The average Bonchev–Trinajstić information content (AvgIpc) is 2.25. The fraction of sp³-hybridized carbons (Fsp3) is 0. The van der Waals surface area contributed by atoms with Crippen molar-refractivity contribution in [2.75, 3.05) is 10.0 Å². The van der Waals surface area contributed by atoms with Crippen molar-refractivity contribution in [1.82, 2.24) is 9.97 Å². The van der Waals surface area contributed by atoms with Gasteiger partial charge in [0.1, 0.15) is 0 Å². The first-order valence-electron chi connectivity index (χ1n) is 4.09. The van der Waals surface area contributed by atoms with Crippen molar-refractivity contribution in [3.63, 3.8) is 0 Å². The first-order valence-corrected chi connectivity index (χ1v) is 4.09.